The normalized spacial score (nSPS) is 11.8. The van der Waals surface area contributed by atoms with Crippen LogP contribution in [0.4, 0.5) is 0 Å². The van der Waals surface area contributed by atoms with Crippen molar-refractivity contribution in [3.8, 4) is 0 Å². The van der Waals surface area contributed by atoms with E-state index in [4.69, 9.17) is 4.74 Å². The van der Waals surface area contributed by atoms with Crippen LogP contribution in [0.15, 0.2) is 0 Å². The van der Waals surface area contributed by atoms with Crippen molar-refractivity contribution >= 4 is 5.97 Å². The van der Waals surface area contributed by atoms with E-state index < -0.39 is 0 Å². The molecule has 0 aliphatic carbocycles. The summed E-state index contributed by atoms with van der Waals surface area (Å²) in [6.45, 7) is 10.8. The zero-order valence-electron chi connectivity index (χ0n) is 9.52. The summed E-state index contributed by atoms with van der Waals surface area (Å²) in [5.74, 6) is -0.100. The van der Waals surface area contributed by atoms with Gasteiger partial charge in [0, 0.05) is 0 Å². The van der Waals surface area contributed by atoms with Crippen LogP contribution in [-0.4, -0.2) is 12.6 Å². The monoisotopic (exact) mass is 186 g/mol. The Kier molecular flexibility index (Phi) is 5.04. The van der Waals surface area contributed by atoms with E-state index in [1.165, 1.54) is 0 Å². The highest BCUT2D eigenvalue weighted by Crippen LogP contribution is 2.24. The van der Waals surface area contributed by atoms with Gasteiger partial charge in [0.15, 0.2) is 0 Å². The lowest BCUT2D eigenvalue weighted by atomic mass is 9.87. The highest BCUT2D eigenvalue weighted by atomic mass is 16.5. The maximum Gasteiger partial charge on any atom is 0.308 e. The first-order chi connectivity index (χ1) is 5.89. The average molecular weight is 186 g/mol. The Morgan fingerprint density at radius 2 is 1.92 bits per heavy atom. The lowest BCUT2D eigenvalue weighted by Gasteiger charge is -2.22. The van der Waals surface area contributed by atoms with Gasteiger partial charge in [0.25, 0.3) is 0 Å². The van der Waals surface area contributed by atoms with E-state index in [9.17, 15) is 4.79 Å². The van der Waals surface area contributed by atoms with Gasteiger partial charge in [0.1, 0.15) is 0 Å². The largest absolute Gasteiger partial charge is 0.465 e. The zero-order valence-corrected chi connectivity index (χ0v) is 9.52. The van der Waals surface area contributed by atoms with Crippen molar-refractivity contribution in [1.29, 1.82) is 0 Å². The fourth-order valence-corrected chi connectivity index (χ4v) is 0.771. The van der Waals surface area contributed by atoms with Crippen molar-refractivity contribution in [2.75, 3.05) is 6.61 Å². The molecule has 0 fully saturated rings. The summed E-state index contributed by atoms with van der Waals surface area (Å²) in [6.07, 6.45) is 2.06. The van der Waals surface area contributed by atoms with Gasteiger partial charge in [-0.1, -0.05) is 41.0 Å². The maximum absolute atomic E-state index is 11.1. The van der Waals surface area contributed by atoms with Crippen LogP contribution >= 0.6 is 0 Å². The van der Waals surface area contributed by atoms with E-state index in [2.05, 4.69) is 20.8 Å². The van der Waals surface area contributed by atoms with Crippen LogP contribution in [0.2, 0.25) is 0 Å². The van der Waals surface area contributed by atoms with Gasteiger partial charge in [-0.15, -0.1) is 0 Å². The fourth-order valence-electron chi connectivity index (χ4n) is 0.771. The summed E-state index contributed by atoms with van der Waals surface area (Å²) in [4.78, 5) is 11.1. The highest BCUT2D eigenvalue weighted by molar-refractivity contribution is 5.71. The van der Waals surface area contributed by atoms with Crippen LogP contribution in [0, 0.1) is 11.3 Å². The first kappa shape index (κ1) is 12.5. The summed E-state index contributed by atoms with van der Waals surface area (Å²) in [5.41, 5.74) is 0.289. The van der Waals surface area contributed by atoms with E-state index >= 15 is 0 Å². The average Bonchev–Trinajstić information content (AvgIpc) is 2.04. The molecule has 0 rings (SSSR count). The molecule has 13 heavy (non-hydrogen) atoms. The van der Waals surface area contributed by atoms with Crippen molar-refractivity contribution < 1.29 is 9.53 Å². The molecule has 0 aliphatic rings. The third kappa shape index (κ3) is 5.67. The van der Waals surface area contributed by atoms with Crippen molar-refractivity contribution in [2.45, 2.75) is 47.5 Å². The smallest absolute Gasteiger partial charge is 0.308 e. The molecule has 0 heterocycles. The van der Waals surface area contributed by atoms with E-state index in [-0.39, 0.29) is 17.3 Å². The Labute approximate surface area is 81.7 Å². The first-order valence-electron chi connectivity index (χ1n) is 5.05. The molecular formula is C11H22O2. The molecule has 0 aromatic heterocycles. The topological polar surface area (TPSA) is 26.3 Å². The fraction of sp³-hybridized carbons (Fsp3) is 0.909. The van der Waals surface area contributed by atoms with Crippen molar-refractivity contribution in [2.24, 2.45) is 11.3 Å². The van der Waals surface area contributed by atoms with Crippen molar-refractivity contribution in [3.05, 3.63) is 0 Å². The van der Waals surface area contributed by atoms with Crippen LogP contribution in [0.25, 0.3) is 0 Å². The number of esters is 1. The van der Waals surface area contributed by atoms with Gasteiger partial charge in [0.2, 0.25) is 0 Å². The Hall–Kier alpha value is -0.530. The molecule has 0 N–H and O–H groups in total. The van der Waals surface area contributed by atoms with Crippen molar-refractivity contribution in [1.82, 2.24) is 0 Å². The summed E-state index contributed by atoms with van der Waals surface area (Å²) >= 11 is 0. The van der Waals surface area contributed by atoms with Gasteiger partial charge in [-0.3, -0.25) is 4.79 Å². The molecule has 0 bridgehead atoms. The Morgan fingerprint density at radius 1 is 1.38 bits per heavy atom. The number of rotatable bonds is 5. The molecule has 0 aromatic rings. The SMILES string of the molecule is CCC(C)(C)CCOC(=O)C(C)C. The quantitative estimate of drug-likeness (QED) is 0.617. The standard InChI is InChI=1S/C11H22O2/c1-6-11(4,5)7-8-13-10(12)9(2)3/h9H,6-8H2,1-5H3. The molecule has 0 saturated carbocycles. The molecule has 0 aromatic carbocycles. The molecular weight excluding hydrogens is 164 g/mol. The van der Waals surface area contributed by atoms with E-state index in [0.717, 1.165) is 12.8 Å². The minimum Gasteiger partial charge on any atom is -0.465 e. The van der Waals surface area contributed by atoms with Crippen LogP contribution in [0.5, 0.6) is 0 Å². The third-order valence-electron chi connectivity index (χ3n) is 2.45. The molecule has 2 heteroatoms. The van der Waals surface area contributed by atoms with Crippen LogP contribution in [0.3, 0.4) is 0 Å². The number of hydrogen-bond donors (Lipinski definition) is 0. The molecule has 2 nitrogen and oxygen atoms in total. The van der Waals surface area contributed by atoms with Gasteiger partial charge in [-0.2, -0.15) is 0 Å². The van der Waals surface area contributed by atoms with E-state index in [1.807, 2.05) is 13.8 Å². The zero-order chi connectivity index (χ0) is 10.5. The van der Waals surface area contributed by atoms with E-state index in [0.29, 0.717) is 6.61 Å². The molecule has 78 valence electrons. The second-order valence-corrected chi connectivity index (χ2v) is 4.59. The Morgan fingerprint density at radius 3 is 2.31 bits per heavy atom. The third-order valence-corrected chi connectivity index (χ3v) is 2.45. The van der Waals surface area contributed by atoms with E-state index in [1.54, 1.807) is 0 Å². The lowest BCUT2D eigenvalue weighted by molar-refractivity contribution is -0.148. The predicted octanol–water partition coefficient (Wildman–Crippen LogP) is 3.01. The number of carbonyl (C=O) groups is 1. The second kappa shape index (κ2) is 5.25. The lowest BCUT2D eigenvalue weighted by Crippen LogP contribution is -2.17. The summed E-state index contributed by atoms with van der Waals surface area (Å²) in [6, 6.07) is 0. The number of ether oxygens (including phenoxy) is 1. The van der Waals surface area contributed by atoms with Crippen molar-refractivity contribution in [3.63, 3.8) is 0 Å². The number of carbonyl (C=O) groups excluding carboxylic acids is 1. The van der Waals surface area contributed by atoms with Crippen LogP contribution in [-0.2, 0) is 9.53 Å². The summed E-state index contributed by atoms with van der Waals surface area (Å²) in [5, 5.41) is 0. The molecule has 0 aliphatic heterocycles. The molecule has 0 saturated heterocycles. The Balaban J connectivity index is 3.62. The second-order valence-electron chi connectivity index (χ2n) is 4.59. The molecule has 0 unspecified atom stereocenters. The van der Waals surface area contributed by atoms with Gasteiger partial charge in [-0.05, 0) is 11.8 Å². The molecule has 0 amide bonds. The molecule has 0 spiro atoms. The predicted molar refractivity (Wildman–Crippen MR) is 54.5 cm³/mol. The summed E-state index contributed by atoms with van der Waals surface area (Å²) in [7, 11) is 0. The number of hydrogen-bond acceptors (Lipinski definition) is 2. The Bertz CT molecular complexity index is 159. The summed E-state index contributed by atoms with van der Waals surface area (Å²) < 4.78 is 5.10. The highest BCUT2D eigenvalue weighted by Gasteiger charge is 2.16. The van der Waals surface area contributed by atoms with Gasteiger partial charge in [-0.25, -0.2) is 0 Å². The molecule has 0 radical (unpaired) electrons. The minimum atomic E-state index is -0.0908. The van der Waals surface area contributed by atoms with Crippen LogP contribution < -0.4 is 0 Å². The first-order valence-corrected chi connectivity index (χ1v) is 5.05. The van der Waals surface area contributed by atoms with Gasteiger partial charge < -0.3 is 4.74 Å². The van der Waals surface area contributed by atoms with Gasteiger partial charge in [0.05, 0.1) is 12.5 Å². The minimum absolute atomic E-state index is 0.00950. The molecule has 0 atom stereocenters. The maximum atomic E-state index is 11.1. The van der Waals surface area contributed by atoms with Gasteiger partial charge >= 0.3 is 5.97 Å². The van der Waals surface area contributed by atoms with Crippen LogP contribution in [0.1, 0.15) is 47.5 Å².